The summed E-state index contributed by atoms with van der Waals surface area (Å²) in [4.78, 5) is 5.89. The third kappa shape index (κ3) is 3.52. The number of hydrogen-bond donors (Lipinski definition) is 1. The van der Waals surface area contributed by atoms with Crippen molar-refractivity contribution in [2.75, 3.05) is 19.0 Å². The van der Waals surface area contributed by atoms with Crippen LogP contribution in [-0.2, 0) is 15.8 Å². The predicted octanol–water partition coefficient (Wildman–Crippen LogP) is 0.591. The van der Waals surface area contributed by atoms with E-state index in [0.29, 0.717) is 23.0 Å². The Labute approximate surface area is 111 Å². The van der Waals surface area contributed by atoms with Crippen molar-refractivity contribution in [1.29, 1.82) is 0 Å². The summed E-state index contributed by atoms with van der Waals surface area (Å²) in [6, 6.07) is 6.82. The summed E-state index contributed by atoms with van der Waals surface area (Å²) in [5.74, 6) is 0.557. The normalized spacial score (nSPS) is 11.5. The van der Waals surface area contributed by atoms with E-state index >= 15 is 0 Å². The van der Waals surface area contributed by atoms with Crippen LogP contribution in [0.25, 0.3) is 11.5 Å². The second kappa shape index (κ2) is 4.98. The van der Waals surface area contributed by atoms with E-state index in [1.807, 2.05) is 0 Å². The molecule has 0 saturated heterocycles. The monoisotopic (exact) mass is 282 g/mol. The lowest BCUT2D eigenvalue weighted by atomic mass is 10.1. The van der Waals surface area contributed by atoms with Crippen molar-refractivity contribution < 1.29 is 12.9 Å². The van der Waals surface area contributed by atoms with Crippen molar-refractivity contribution >= 4 is 16.0 Å². The number of primary sulfonamides is 1. The van der Waals surface area contributed by atoms with E-state index in [0.717, 1.165) is 0 Å². The lowest BCUT2D eigenvalue weighted by Gasteiger charge is -2.03. The van der Waals surface area contributed by atoms with Crippen molar-refractivity contribution in [3.63, 3.8) is 0 Å². The fourth-order valence-electron chi connectivity index (χ4n) is 1.54. The van der Waals surface area contributed by atoms with Crippen LogP contribution < -0.4 is 10.0 Å². The van der Waals surface area contributed by atoms with Gasteiger partial charge < -0.3 is 9.42 Å². The Bertz CT molecular complexity index is 679. The van der Waals surface area contributed by atoms with Gasteiger partial charge in [-0.3, -0.25) is 0 Å². The van der Waals surface area contributed by atoms with Gasteiger partial charge in [0.15, 0.2) is 0 Å². The molecular weight excluding hydrogens is 268 g/mol. The Hall–Kier alpha value is -1.93. The van der Waals surface area contributed by atoms with Gasteiger partial charge in [-0.05, 0) is 22.9 Å². The highest BCUT2D eigenvalue weighted by molar-refractivity contribution is 7.88. The molecule has 2 N–H and O–H groups in total. The highest BCUT2D eigenvalue weighted by Gasteiger charge is 2.12. The van der Waals surface area contributed by atoms with E-state index in [4.69, 9.17) is 9.66 Å². The zero-order valence-corrected chi connectivity index (χ0v) is 11.4. The van der Waals surface area contributed by atoms with Gasteiger partial charge in [0.25, 0.3) is 11.8 Å². The molecular formula is C11H14N4O3S. The lowest BCUT2D eigenvalue weighted by molar-refractivity contribution is 0.431. The number of rotatable bonds is 4. The van der Waals surface area contributed by atoms with Crippen molar-refractivity contribution in [2.24, 2.45) is 5.14 Å². The largest absolute Gasteiger partial charge is 0.344 e. The number of anilines is 1. The second-order valence-corrected chi connectivity index (χ2v) is 5.92. The molecule has 0 atom stereocenters. The van der Waals surface area contributed by atoms with Crippen molar-refractivity contribution in [3.05, 3.63) is 29.8 Å². The average molecular weight is 282 g/mol. The topological polar surface area (TPSA) is 102 Å². The number of nitrogens with two attached hydrogens (primary N) is 1. The molecule has 8 heteroatoms. The van der Waals surface area contributed by atoms with Crippen molar-refractivity contribution in [3.8, 4) is 11.5 Å². The first-order valence-corrected chi connectivity index (χ1v) is 7.17. The molecule has 1 aromatic heterocycles. The lowest BCUT2D eigenvalue weighted by Crippen LogP contribution is -2.14. The van der Waals surface area contributed by atoms with Crippen LogP contribution in [0.3, 0.4) is 0 Å². The smallest absolute Gasteiger partial charge is 0.265 e. The number of benzene rings is 1. The minimum atomic E-state index is -3.56. The van der Waals surface area contributed by atoms with Gasteiger partial charge in [0.1, 0.15) is 0 Å². The molecule has 102 valence electrons. The summed E-state index contributed by atoms with van der Waals surface area (Å²) < 4.78 is 27.2. The highest BCUT2D eigenvalue weighted by Crippen LogP contribution is 2.21. The molecule has 19 heavy (non-hydrogen) atoms. The highest BCUT2D eigenvalue weighted by atomic mass is 32.2. The molecule has 1 aromatic carbocycles. The third-order valence-electron chi connectivity index (χ3n) is 2.36. The summed E-state index contributed by atoms with van der Waals surface area (Å²) in [7, 11) is 0.0361. The Kier molecular flexibility index (Phi) is 3.54. The molecule has 0 aliphatic heterocycles. The molecule has 7 nitrogen and oxygen atoms in total. The van der Waals surface area contributed by atoms with Crippen LogP contribution in [0.2, 0.25) is 0 Å². The Morgan fingerprint density at radius 1 is 1.37 bits per heavy atom. The van der Waals surface area contributed by atoms with Crippen LogP contribution in [-0.4, -0.2) is 32.7 Å². The van der Waals surface area contributed by atoms with Crippen LogP contribution >= 0.6 is 0 Å². The third-order valence-corrected chi connectivity index (χ3v) is 3.09. The molecule has 0 radical (unpaired) electrons. The fraction of sp³-hybridized carbons (Fsp3) is 0.273. The van der Waals surface area contributed by atoms with E-state index in [9.17, 15) is 8.42 Å². The van der Waals surface area contributed by atoms with E-state index in [1.54, 1.807) is 43.3 Å². The summed E-state index contributed by atoms with van der Waals surface area (Å²) in [6.45, 7) is 0. The molecule has 0 fully saturated rings. The van der Waals surface area contributed by atoms with Crippen molar-refractivity contribution in [2.45, 2.75) is 5.75 Å². The first-order valence-electron chi connectivity index (χ1n) is 5.46. The van der Waals surface area contributed by atoms with Crippen LogP contribution in [0.4, 0.5) is 5.95 Å². The van der Waals surface area contributed by atoms with E-state index in [2.05, 4.69) is 10.1 Å². The van der Waals surface area contributed by atoms with E-state index in [1.165, 1.54) is 0 Å². The zero-order valence-electron chi connectivity index (χ0n) is 10.6. The molecule has 0 saturated carbocycles. The van der Waals surface area contributed by atoms with Crippen molar-refractivity contribution in [1.82, 2.24) is 10.1 Å². The minimum absolute atomic E-state index is 0.227. The molecule has 0 aliphatic carbocycles. The predicted molar refractivity (Wildman–Crippen MR) is 70.9 cm³/mol. The Morgan fingerprint density at radius 2 is 2.11 bits per heavy atom. The Balaban J connectivity index is 2.32. The fourth-order valence-corrected chi connectivity index (χ4v) is 2.19. The van der Waals surface area contributed by atoms with Gasteiger partial charge in [-0.15, -0.1) is 0 Å². The van der Waals surface area contributed by atoms with Gasteiger partial charge in [-0.25, -0.2) is 13.6 Å². The molecule has 1 heterocycles. The summed E-state index contributed by atoms with van der Waals surface area (Å²) >= 11 is 0. The quantitative estimate of drug-likeness (QED) is 0.880. The molecule has 0 unspecified atom stereocenters. The Morgan fingerprint density at radius 3 is 2.68 bits per heavy atom. The number of nitrogens with zero attached hydrogens (tertiary/aromatic N) is 3. The first kappa shape index (κ1) is 13.5. The second-order valence-electron chi connectivity index (χ2n) is 4.30. The van der Waals surface area contributed by atoms with Crippen LogP contribution in [0, 0.1) is 0 Å². The van der Waals surface area contributed by atoms with Gasteiger partial charge in [0.05, 0.1) is 5.75 Å². The molecule has 2 rings (SSSR count). The van der Waals surface area contributed by atoms with Gasteiger partial charge in [-0.2, -0.15) is 4.98 Å². The minimum Gasteiger partial charge on any atom is -0.344 e. The number of hydrogen-bond acceptors (Lipinski definition) is 6. The van der Waals surface area contributed by atoms with E-state index in [-0.39, 0.29) is 5.75 Å². The van der Waals surface area contributed by atoms with Gasteiger partial charge in [-0.1, -0.05) is 12.1 Å². The summed E-state index contributed by atoms with van der Waals surface area (Å²) in [5, 5.41) is 8.81. The van der Waals surface area contributed by atoms with Gasteiger partial charge >= 0.3 is 0 Å². The molecule has 0 aliphatic rings. The maximum atomic E-state index is 11.1. The van der Waals surface area contributed by atoms with Crippen LogP contribution in [0.15, 0.2) is 28.8 Å². The van der Waals surface area contributed by atoms with Crippen LogP contribution in [0.1, 0.15) is 5.56 Å². The first-order chi connectivity index (χ1) is 8.85. The standard InChI is InChI=1S/C11H14N4O3S/c1-15(2)11-13-10(18-14-11)9-5-3-4-8(6-9)7-19(12,16)17/h3-6H,7H2,1-2H3,(H2,12,16,17). The maximum Gasteiger partial charge on any atom is 0.265 e. The maximum absolute atomic E-state index is 11.1. The van der Waals surface area contributed by atoms with E-state index < -0.39 is 10.0 Å². The van der Waals surface area contributed by atoms with Gasteiger partial charge in [0.2, 0.25) is 10.0 Å². The average Bonchev–Trinajstić information content (AvgIpc) is 2.76. The summed E-state index contributed by atoms with van der Waals surface area (Å²) in [5.41, 5.74) is 1.23. The SMILES string of the molecule is CN(C)c1noc(-c2cccc(CS(N)(=O)=O)c2)n1. The zero-order chi connectivity index (χ0) is 14.0. The molecule has 2 aromatic rings. The molecule has 0 spiro atoms. The molecule has 0 bridgehead atoms. The molecule has 0 amide bonds. The van der Waals surface area contributed by atoms with Gasteiger partial charge in [0, 0.05) is 19.7 Å². The number of aromatic nitrogens is 2. The number of sulfonamides is 1. The summed E-state index contributed by atoms with van der Waals surface area (Å²) in [6.07, 6.45) is 0. The van der Waals surface area contributed by atoms with Crippen LogP contribution in [0.5, 0.6) is 0 Å².